The number of Topliss-reactive ketones (excluding diaryl/α,β-unsaturated/α-hetero) is 1. The molecule has 0 N–H and O–H groups in total. The predicted molar refractivity (Wildman–Crippen MR) is 52.9 cm³/mol. The van der Waals surface area contributed by atoms with E-state index >= 15 is 0 Å². The molecule has 0 atom stereocenters. The first-order valence-electron chi connectivity index (χ1n) is 3.83. The minimum absolute atomic E-state index is 0.0191. The Balaban J connectivity index is 2.85. The molecule has 0 unspecified atom stereocenters. The molecule has 2 heterocycles. The van der Waals surface area contributed by atoms with Crippen LogP contribution in [0, 0.1) is 0 Å². The maximum atomic E-state index is 11.2. The van der Waals surface area contributed by atoms with Gasteiger partial charge in [0, 0.05) is 13.1 Å². The summed E-state index contributed by atoms with van der Waals surface area (Å²) in [6, 6.07) is 5.65. The molecule has 0 amide bonds. The van der Waals surface area contributed by atoms with Gasteiger partial charge >= 0.3 is 0 Å². The van der Waals surface area contributed by atoms with Crippen molar-refractivity contribution in [1.29, 1.82) is 0 Å². The Labute approximate surface area is 83.5 Å². The molecule has 0 saturated heterocycles. The molecule has 0 aliphatic heterocycles. The number of pyridine rings is 1. The highest BCUT2D eigenvalue weighted by atomic mass is 79.9. The Morgan fingerprint density at radius 1 is 1.54 bits per heavy atom. The second kappa shape index (κ2) is 2.96. The number of nitrogens with zero attached hydrogens (tertiary/aromatic N) is 2. The van der Waals surface area contributed by atoms with Crippen LogP contribution in [0.4, 0.5) is 0 Å². The first-order valence-corrected chi connectivity index (χ1v) is 4.63. The Kier molecular flexibility index (Phi) is 1.92. The van der Waals surface area contributed by atoms with Crippen molar-refractivity contribution in [3.05, 3.63) is 34.8 Å². The molecule has 2 aromatic rings. The smallest absolute Gasteiger partial charge is 0.182 e. The number of carbonyl (C=O) groups excluding carboxylic acids is 1. The van der Waals surface area contributed by atoms with Gasteiger partial charge in [-0.25, -0.2) is 4.98 Å². The lowest BCUT2D eigenvalue weighted by molar-refractivity contribution is 0.101. The summed E-state index contributed by atoms with van der Waals surface area (Å²) in [7, 11) is 0. The number of halogens is 1. The van der Waals surface area contributed by atoms with Crippen molar-refractivity contribution in [1.82, 2.24) is 9.38 Å². The highest BCUT2D eigenvalue weighted by Crippen LogP contribution is 2.17. The first-order chi connectivity index (χ1) is 6.20. The summed E-state index contributed by atoms with van der Waals surface area (Å²) in [5, 5.41) is 0. The van der Waals surface area contributed by atoms with Gasteiger partial charge in [-0.05, 0) is 28.1 Å². The fourth-order valence-electron chi connectivity index (χ4n) is 1.26. The summed E-state index contributed by atoms with van der Waals surface area (Å²) in [6.07, 6.45) is 1.86. The summed E-state index contributed by atoms with van der Waals surface area (Å²) in [4.78, 5) is 15.3. The Hall–Kier alpha value is -1.16. The van der Waals surface area contributed by atoms with Gasteiger partial charge in [0.25, 0.3) is 0 Å². The van der Waals surface area contributed by atoms with E-state index < -0.39 is 0 Å². The van der Waals surface area contributed by atoms with Crippen LogP contribution in [0.15, 0.2) is 29.1 Å². The number of hydrogen-bond donors (Lipinski definition) is 0. The molecular weight excluding hydrogens is 232 g/mol. The van der Waals surface area contributed by atoms with Crippen LogP contribution in [-0.4, -0.2) is 15.2 Å². The van der Waals surface area contributed by atoms with Gasteiger partial charge in [0.1, 0.15) is 5.69 Å². The number of imidazole rings is 1. The van der Waals surface area contributed by atoms with Gasteiger partial charge in [0.15, 0.2) is 10.5 Å². The molecule has 0 radical (unpaired) electrons. The van der Waals surface area contributed by atoms with E-state index in [1.165, 1.54) is 6.92 Å². The zero-order valence-corrected chi connectivity index (χ0v) is 8.58. The number of hydrogen-bond acceptors (Lipinski definition) is 2. The van der Waals surface area contributed by atoms with Crippen molar-refractivity contribution >= 4 is 27.2 Å². The predicted octanol–water partition coefficient (Wildman–Crippen LogP) is 2.30. The zero-order chi connectivity index (χ0) is 9.42. The highest BCUT2D eigenvalue weighted by Gasteiger charge is 2.11. The molecule has 3 nitrogen and oxygen atoms in total. The quantitative estimate of drug-likeness (QED) is 0.715. The molecule has 0 aromatic carbocycles. The third-order valence-corrected chi connectivity index (χ3v) is 2.40. The van der Waals surface area contributed by atoms with Crippen LogP contribution < -0.4 is 0 Å². The molecule has 2 aromatic heterocycles. The molecule has 13 heavy (non-hydrogen) atoms. The Morgan fingerprint density at radius 3 is 3.00 bits per heavy atom. The largest absolute Gasteiger partial charge is 0.294 e. The van der Waals surface area contributed by atoms with Gasteiger partial charge in [0.2, 0.25) is 0 Å². The number of carbonyl (C=O) groups is 1. The molecule has 0 spiro atoms. The van der Waals surface area contributed by atoms with Crippen molar-refractivity contribution in [3.63, 3.8) is 0 Å². The van der Waals surface area contributed by atoms with E-state index in [2.05, 4.69) is 20.9 Å². The van der Waals surface area contributed by atoms with E-state index in [0.717, 1.165) is 5.52 Å². The third kappa shape index (κ3) is 1.27. The molecule has 0 fully saturated rings. The normalized spacial score (nSPS) is 10.6. The van der Waals surface area contributed by atoms with E-state index in [0.29, 0.717) is 10.4 Å². The zero-order valence-electron chi connectivity index (χ0n) is 6.99. The van der Waals surface area contributed by atoms with Gasteiger partial charge in [-0.3, -0.25) is 9.20 Å². The molecule has 0 aliphatic rings. The van der Waals surface area contributed by atoms with Crippen molar-refractivity contribution < 1.29 is 4.79 Å². The van der Waals surface area contributed by atoms with Crippen molar-refractivity contribution in [2.75, 3.05) is 0 Å². The SMILES string of the molecule is CC(=O)c1nc(Br)n2ccccc12. The summed E-state index contributed by atoms with van der Waals surface area (Å²) in [5.41, 5.74) is 1.34. The van der Waals surface area contributed by atoms with Crippen molar-refractivity contribution in [3.8, 4) is 0 Å². The molecule has 0 aliphatic carbocycles. The van der Waals surface area contributed by atoms with E-state index in [1.54, 1.807) is 0 Å². The average Bonchev–Trinajstić information content (AvgIpc) is 2.45. The summed E-state index contributed by atoms with van der Waals surface area (Å²) in [5.74, 6) is -0.0191. The maximum absolute atomic E-state index is 11.2. The van der Waals surface area contributed by atoms with Crippen LogP contribution in [0.1, 0.15) is 17.4 Å². The lowest BCUT2D eigenvalue weighted by Crippen LogP contribution is -1.92. The van der Waals surface area contributed by atoms with Crippen LogP contribution in [0.3, 0.4) is 0 Å². The van der Waals surface area contributed by atoms with E-state index in [1.807, 2.05) is 28.8 Å². The number of ketones is 1. The van der Waals surface area contributed by atoms with E-state index in [9.17, 15) is 4.79 Å². The minimum atomic E-state index is -0.0191. The summed E-state index contributed by atoms with van der Waals surface area (Å²) >= 11 is 3.29. The van der Waals surface area contributed by atoms with Crippen LogP contribution in [-0.2, 0) is 0 Å². The van der Waals surface area contributed by atoms with Gasteiger partial charge in [-0.2, -0.15) is 0 Å². The number of fused-ring (bicyclic) bond motifs is 1. The highest BCUT2D eigenvalue weighted by molar-refractivity contribution is 9.10. The van der Waals surface area contributed by atoms with Gasteiger partial charge in [-0.1, -0.05) is 6.07 Å². The standard InChI is InChI=1S/C9H7BrN2O/c1-6(13)8-7-4-2-3-5-12(7)9(10)11-8/h2-5H,1H3. The van der Waals surface area contributed by atoms with Crippen LogP contribution in [0.2, 0.25) is 0 Å². The lowest BCUT2D eigenvalue weighted by atomic mass is 10.2. The minimum Gasteiger partial charge on any atom is -0.294 e. The van der Waals surface area contributed by atoms with Crippen LogP contribution >= 0.6 is 15.9 Å². The Bertz CT molecular complexity index is 475. The first kappa shape index (κ1) is 8.44. The Morgan fingerprint density at radius 2 is 2.31 bits per heavy atom. The fraction of sp³-hybridized carbons (Fsp3) is 0.111. The number of rotatable bonds is 1. The molecule has 0 saturated carbocycles. The summed E-state index contributed by atoms with van der Waals surface area (Å²) < 4.78 is 2.49. The van der Waals surface area contributed by atoms with Gasteiger partial charge in [0.05, 0.1) is 5.52 Å². The lowest BCUT2D eigenvalue weighted by Gasteiger charge is -1.92. The number of aromatic nitrogens is 2. The molecule has 2 rings (SSSR count). The van der Waals surface area contributed by atoms with Crippen LogP contribution in [0.5, 0.6) is 0 Å². The second-order valence-electron chi connectivity index (χ2n) is 2.74. The second-order valence-corrected chi connectivity index (χ2v) is 3.45. The maximum Gasteiger partial charge on any atom is 0.182 e. The topological polar surface area (TPSA) is 34.4 Å². The monoisotopic (exact) mass is 238 g/mol. The van der Waals surface area contributed by atoms with Gasteiger partial charge < -0.3 is 0 Å². The van der Waals surface area contributed by atoms with Crippen molar-refractivity contribution in [2.24, 2.45) is 0 Å². The third-order valence-electron chi connectivity index (χ3n) is 1.84. The van der Waals surface area contributed by atoms with Crippen molar-refractivity contribution in [2.45, 2.75) is 6.92 Å². The van der Waals surface area contributed by atoms with Gasteiger partial charge in [-0.15, -0.1) is 0 Å². The molecule has 0 bridgehead atoms. The molecule has 4 heteroatoms. The average molecular weight is 239 g/mol. The van der Waals surface area contributed by atoms with E-state index in [-0.39, 0.29) is 5.78 Å². The fourth-order valence-corrected chi connectivity index (χ4v) is 1.75. The summed E-state index contributed by atoms with van der Waals surface area (Å²) in [6.45, 7) is 1.52. The van der Waals surface area contributed by atoms with Crippen LogP contribution in [0.25, 0.3) is 5.52 Å². The van der Waals surface area contributed by atoms with E-state index in [4.69, 9.17) is 0 Å². The molecular formula is C9H7BrN2O. The molecule has 66 valence electrons.